The van der Waals surface area contributed by atoms with Gasteiger partial charge in [0.2, 0.25) is 20.8 Å². The smallest absolute Gasteiger partial charge is 0.229 e. The lowest BCUT2D eigenvalue weighted by atomic mass is 11.5. The van der Waals surface area contributed by atoms with Crippen LogP contribution < -0.4 is 0 Å². The largest absolute Gasteiger partial charge is 0.354 e. The number of hydrogen-bond acceptors (Lipinski definition) is 3. The van der Waals surface area contributed by atoms with Gasteiger partial charge in [0.05, 0.1) is 14.4 Å². The van der Waals surface area contributed by atoms with Gasteiger partial charge in [-0.3, -0.25) is 8.78 Å². The summed E-state index contributed by atoms with van der Waals surface area (Å²) in [6.45, 7) is -7.29. The third-order valence-corrected chi connectivity index (χ3v) is 0.327. The van der Waals surface area contributed by atoms with Crippen molar-refractivity contribution in [1.82, 2.24) is 0 Å². The fourth-order valence-electron chi connectivity index (χ4n) is 0. The second-order valence-electron chi connectivity index (χ2n) is 1.50. The lowest BCUT2D eigenvalue weighted by Crippen LogP contribution is -1.70. The van der Waals surface area contributed by atoms with E-state index in [9.17, 15) is 48.3 Å². The molecular weight excluding hydrogens is 389 g/mol. The van der Waals surface area contributed by atoms with Gasteiger partial charge in [0.1, 0.15) is 0 Å². The molecule has 0 atom stereocenters. The number of alkyl halides is 11. The third kappa shape index (κ3) is 2310. The Labute approximate surface area is 141 Å². The summed E-state index contributed by atoms with van der Waals surface area (Å²) in [4.78, 5) is 0. The normalized spacial score (nSPS) is 6.24. The van der Waals surface area contributed by atoms with Gasteiger partial charge in [0.15, 0.2) is 20.6 Å². The molecule has 0 aliphatic carbocycles. The van der Waals surface area contributed by atoms with Crippen molar-refractivity contribution in [3.8, 4) is 0 Å². The zero-order chi connectivity index (χ0) is 22.4. The van der Waals surface area contributed by atoms with E-state index < -0.39 is 41.4 Å². The summed E-state index contributed by atoms with van der Waals surface area (Å²) in [6.07, 6.45) is 0. The number of hydrogen-bond donors (Lipinski definition) is 0. The van der Waals surface area contributed by atoms with Crippen molar-refractivity contribution in [3.63, 3.8) is 0 Å². The third-order valence-electron chi connectivity index (χ3n) is 0.327. The minimum absolute atomic E-state index is 0.500. The first-order valence-electron chi connectivity index (χ1n) is 5.25. The first-order valence-corrected chi connectivity index (χ1v) is 5.25. The number of rotatable bonds is 3. The van der Waals surface area contributed by atoms with Gasteiger partial charge in [-0.05, 0) is 0 Å². The summed E-state index contributed by atoms with van der Waals surface area (Å²) in [6, 6.07) is 0. The SMILES string of the molecule is CF.CF.COCF.COCF.COCF.FCF.FCF.FCF. The van der Waals surface area contributed by atoms with Crippen LogP contribution in [-0.4, -0.2) is 77.1 Å². The van der Waals surface area contributed by atoms with Crippen molar-refractivity contribution in [2.45, 2.75) is 0 Å². The van der Waals surface area contributed by atoms with E-state index in [0.717, 1.165) is 0 Å². The van der Waals surface area contributed by atoms with Gasteiger partial charge in [-0.15, -0.1) is 0 Å². The molecule has 166 valence electrons. The van der Waals surface area contributed by atoms with Crippen LogP contribution in [0.2, 0.25) is 0 Å². The number of ether oxygens (including phenoxy) is 3. The zero-order valence-corrected chi connectivity index (χ0v) is 14.6. The lowest BCUT2D eigenvalue weighted by Gasteiger charge is -1.72. The first kappa shape index (κ1) is 49.6. The summed E-state index contributed by atoms with van der Waals surface area (Å²) >= 11 is 0. The highest BCUT2D eigenvalue weighted by Gasteiger charge is 1.56. The molecule has 0 fully saturated rings. The highest BCUT2D eigenvalue weighted by Crippen LogP contribution is 1.59. The van der Waals surface area contributed by atoms with Gasteiger partial charge in [-0.2, -0.15) is 0 Å². The molecule has 0 bridgehead atoms. The van der Waals surface area contributed by atoms with Crippen LogP contribution in [0.1, 0.15) is 0 Å². The summed E-state index contributed by atoms with van der Waals surface area (Å²) in [5.74, 6) is 0. The molecular formula is C11H27F11O3. The Kier molecular flexibility index (Phi) is 341. The van der Waals surface area contributed by atoms with E-state index >= 15 is 0 Å². The van der Waals surface area contributed by atoms with E-state index in [1.165, 1.54) is 21.3 Å². The topological polar surface area (TPSA) is 27.7 Å². The molecule has 0 saturated carbocycles. The van der Waals surface area contributed by atoms with Crippen molar-refractivity contribution in [2.24, 2.45) is 0 Å². The highest BCUT2D eigenvalue weighted by atomic mass is 19.3. The number of halogens is 11. The van der Waals surface area contributed by atoms with E-state index in [1.807, 2.05) is 0 Å². The average molecular weight is 416 g/mol. The van der Waals surface area contributed by atoms with E-state index in [2.05, 4.69) is 14.2 Å². The fourth-order valence-corrected chi connectivity index (χ4v) is 0. The van der Waals surface area contributed by atoms with E-state index in [0.29, 0.717) is 14.4 Å². The molecule has 0 aromatic carbocycles. The van der Waals surface area contributed by atoms with Crippen molar-refractivity contribution >= 4 is 0 Å². The van der Waals surface area contributed by atoms with Gasteiger partial charge < -0.3 is 14.2 Å². The van der Waals surface area contributed by atoms with Gasteiger partial charge in [-0.1, -0.05) is 0 Å². The Morgan fingerprint density at radius 2 is 0.440 bits per heavy atom. The van der Waals surface area contributed by atoms with Crippen molar-refractivity contribution in [3.05, 3.63) is 0 Å². The van der Waals surface area contributed by atoms with Crippen LogP contribution in [0.4, 0.5) is 48.3 Å². The van der Waals surface area contributed by atoms with Gasteiger partial charge >= 0.3 is 0 Å². The summed E-state index contributed by atoms with van der Waals surface area (Å²) in [5, 5.41) is 0. The Bertz CT molecular complexity index is 72.0. The van der Waals surface area contributed by atoms with Gasteiger partial charge in [-0.25, -0.2) is 39.5 Å². The Balaban J connectivity index is -0.0000000223. The van der Waals surface area contributed by atoms with Crippen molar-refractivity contribution in [2.75, 3.05) is 77.1 Å². The van der Waals surface area contributed by atoms with Crippen LogP contribution >= 0.6 is 0 Å². The van der Waals surface area contributed by atoms with Crippen molar-refractivity contribution < 1.29 is 62.5 Å². The van der Waals surface area contributed by atoms with Gasteiger partial charge in [0, 0.05) is 21.3 Å². The van der Waals surface area contributed by atoms with Crippen LogP contribution in [0, 0.1) is 0 Å². The molecule has 0 aromatic heterocycles. The molecule has 0 heterocycles. The quantitative estimate of drug-likeness (QED) is 0.569. The Morgan fingerprint density at radius 3 is 0.440 bits per heavy atom. The highest BCUT2D eigenvalue weighted by molar-refractivity contribution is 3.75. The fraction of sp³-hybridized carbons (Fsp3) is 1.00. The van der Waals surface area contributed by atoms with E-state index in [1.54, 1.807) is 0 Å². The maximum atomic E-state index is 10.5. The summed E-state index contributed by atoms with van der Waals surface area (Å²) < 4.78 is 120. The van der Waals surface area contributed by atoms with E-state index in [4.69, 9.17) is 0 Å². The molecule has 0 saturated heterocycles. The van der Waals surface area contributed by atoms with Gasteiger partial charge in [0.25, 0.3) is 0 Å². The Hall–Kier alpha value is -0.890. The summed E-state index contributed by atoms with van der Waals surface area (Å²) in [7, 11) is 4.92. The maximum Gasteiger partial charge on any atom is 0.229 e. The standard InChI is InChI=1S/3C2H5FO.3CH2F2.2CH3F/c3*1-4-2-3;3*2-1-3;2*1-2/h3*2H2,1H3;3*1H2;2*1H3. The first-order chi connectivity index (χ1) is 12.0. The molecule has 0 aromatic rings. The predicted molar refractivity (Wildman–Crippen MR) is 74.3 cm³/mol. The maximum absolute atomic E-state index is 10.5. The predicted octanol–water partition coefficient (Wildman–Crippen LogP) is 5.50. The van der Waals surface area contributed by atoms with Crippen LogP contribution in [0.15, 0.2) is 0 Å². The molecule has 0 radical (unpaired) electrons. The second-order valence-corrected chi connectivity index (χ2v) is 1.50. The molecule has 0 aliphatic heterocycles. The van der Waals surface area contributed by atoms with E-state index in [-0.39, 0.29) is 0 Å². The lowest BCUT2D eigenvalue weighted by molar-refractivity contribution is 0.104. The summed E-state index contributed by atoms with van der Waals surface area (Å²) in [5.41, 5.74) is 0. The molecule has 14 heteroatoms. The molecule has 0 amide bonds. The molecule has 0 rings (SSSR count). The molecule has 0 aliphatic rings. The van der Waals surface area contributed by atoms with Crippen LogP contribution in [0.5, 0.6) is 0 Å². The minimum atomic E-state index is -1.75. The minimum Gasteiger partial charge on any atom is -0.354 e. The van der Waals surface area contributed by atoms with Crippen molar-refractivity contribution in [1.29, 1.82) is 0 Å². The average Bonchev–Trinajstić information content (AvgIpc) is 2.67. The van der Waals surface area contributed by atoms with Crippen LogP contribution in [0.25, 0.3) is 0 Å². The number of methoxy groups -OCH3 is 3. The molecule has 0 spiro atoms. The van der Waals surface area contributed by atoms with Crippen LogP contribution in [-0.2, 0) is 14.2 Å². The monoisotopic (exact) mass is 416 g/mol. The van der Waals surface area contributed by atoms with Crippen LogP contribution in [0.3, 0.4) is 0 Å². The molecule has 0 unspecified atom stereocenters. The molecule has 3 nitrogen and oxygen atoms in total. The zero-order valence-electron chi connectivity index (χ0n) is 14.6. The Morgan fingerprint density at radius 1 is 0.400 bits per heavy atom. The molecule has 0 N–H and O–H groups in total. The molecule has 25 heavy (non-hydrogen) atoms. The second kappa shape index (κ2) is 172.